The zero-order chi connectivity index (χ0) is 11.3. The van der Waals surface area contributed by atoms with Gasteiger partial charge < -0.3 is 0 Å². The molecular weight excluding hydrogens is 194 g/mol. The first kappa shape index (κ1) is 10.2. The predicted octanol–water partition coefficient (Wildman–Crippen LogP) is 1.24. The van der Waals surface area contributed by atoms with E-state index in [0.29, 0.717) is 12.8 Å². The van der Waals surface area contributed by atoms with E-state index in [-0.39, 0.29) is 17.1 Å². The van der Waals surface area contributed by atoms with Gasteiger partial charge >= 0.3 is 0 Å². The van der Waals surface area contributed by atoms with Crippen LogP contribution in [0.4, 0.5) is 0 Å². The number of fused-ring (bicyclic) bond motifs is 2. The lowest BCUT2D eigenvalue weighted by Crippen LogP contribution is -2.42. The van der Waals surface area contributed by atoms with Crippen LogP contribution in [0.5, 0.6) is 0 Å². The van der Waals surface area contributed by atoms with E-state index in [9.17, 15) is 14.4 Å². The third-order valence-corrected chi connectivity index (χ3v) is 4.41. The topological polar surface area (TPSA) is 63.6 Å². The van der Waals surface area contributed by atoms with Gasteiger partial charge in [-0.2, -0.15) is 0 Å². The zero-order valence-corrected chi connectivity index (χ0v) is 8.87. The molecule has 2 rings (SSSR count). The minimum Gasteiger partial charge on any atom is -0.298 e. The summed E-state index contributed by atoms with van der Waals surface area (Å²) in [6.07, 6.45) is 3.11. The molecule has 0 radical (unpaired) electrons. The third-order valence-electron chi connectivity index (χ3n) is 4.41. The lowest BCUT2D eigenvalue weighted by atomic mass is 9.68. The maximum Gasteiger partial charge on any atom is 0.270 e. The second kappa shape index (κ2) is 2.86. The van der Waals surface area contributed by atoms with Crippen molar-refractivity contribution in [2.24, 2.45) is 21.7 Å². The number of Topliss-reactive ketones (excluding diaryl/α,β-unsaturated/α-hetero) is 1. The maximum absolute atomic E-state index is 11.9. The Bertz CT molecular complexity index is 393. The van der Waals surface area contributed by atoms with Crippen molar-refractivity contribution < 1.29 is 14.4 Å². The highest BCUT2D eigenvalue weighted by Gasteiger charge is 2.68. The van der Waals surface area contributed by atoms with Crippen LogP contribution in [0.3, 0.4) is 0 Å². The second-order valence-electron chi connectivity index (χ2n) is 5.00. The summed E-state index contributed by atoms with van der Waals surface area (Å²) < 4.78 is 0. The lowest BCUT2D eigenvalue weighted by molar-refractivity contribution is -0.142. The van der Waals surface area contributed by atoms with Gasteiger partial charge in [-0.25, -0.2) is 4.79 Å². The molecule has 0 aromatic carbocycles. The average molecular weight is 207 g/mol. The summed E-state index contributed by atoms with van der Waals surface area (Å²) in [5.41, 5.74) is -1.39. The van der Waals surface area contributed by atoms with Gasteiger partial charge in [0, 0.05) is 6.42 Å². The number of hydrogen-bond donors (Lipinski definition) is 0. The van der Waals surface area contributed by atoms with Crippen LogP contribution in [-0.4, -0.2) is 17.8 Å². The number of rotatable bonds is 1. The van der Waals surface area contributed by atoms with E-state index in [1.165, 1.54) is 6.08 Å². The molecule has 2 saturated carbocycles. The predicted molar refractivity (Wildman–Crippen MR) is 51.7 cm³/mol. The van der Waals surface area contributed by atoms with Crippen LogP contribution >= 0.6 is 0 Å². The van der Waals surface area contributed by atoms with E-state index in [4.69, 9.17) is 0 Å². The standard InChI is InChI=1S/C11H13NO3/c1-10(2)7-3-4-11(10,8(14)5-7)9(15)12-6-13/h7H,3-5H2,1-2H3/t7-,11+/m1/s1. The Morgan fingerprint density at radius 1 is 1.53 bits per heavy atom. The van der Waals surface area contributed by atoms with Gasteiger partial charge in [0.05, 0.1) is 0 Å². The molecule has 2 fully saturated rings. The molecule has 2 aliphatic rings. The summed E-state index contributed by atoms with van der Waals surface area (Å²) in [5.74, 6) is -0.379. The Morgan fingerprint density at radius 2 is 2.20 bits per heavy atom. The van der Waals surface area contributed by atoms with Gasteiger partial charge in [0.1, 0.15) is 11.2 Å². The number of nitrogens with zero attached hydrogens (tertiary/aromatic N) is 1. The van der Waals surface area contributed by atoms with Crippen LogP contribution in [-0.2, 0) is 14.4 Å². The summed E-state index contributed by atoms with van der Waals surface area (Å²) in [6.45, 7) is 3.85. The first-order valence-electron chi connectivity index (χ1n) is 5.12. The van der Waals surface area contributed by atoms with Crippen LogP contribution in [0.25, 0.3) is 0 Å². The Morgan fingerprint density at radius 3 is 2.60 bits per heavy atom. The van der Waals surface area contributed by atoms with E-state index in [1.807, 2.05) is 13.8 Å². The summed E-state index contributed by atoms with van der Waals surface area (Å²) in [7, 11) is 0. The summed E-state index contributed by atoms with van der Waals surface area (Å²) in [5, 5.41) is 0. The second-order valence-corrected chi connectivity index (χ2v) is 5.00. The molecule has 2 bridgehead atoms. The molecule has 1 amide bonds. The Kier molecular flexibility index (Phi) is 1.95. The maximum atomic E-state index is 11.9. The number of carbonyl (C=O) groups is 2. The van der Waals surface area contributed by atoms with Crippen molar-refractivity contribution in [3.05, 3.63) is 0 Å². The molecule has 0 heterocycles. The van der Waals surface area contributed by atoms with Gasteiger partial charge in [-0.15, -0.1) is 4.99 Å². The van der Waals surface area contributed by atoms with Crippen molar-refractivity contribution in [1.82, 2.24) is 0 Å². The highest BCUT2D eigenvalue weighted by molar-refractivity contribution is 6.10. The quantitative estimate of drug-likeness (QED) is 0.369. The number of amides is 1. The van der Waals surface area contributed by atoms with Gasteiger partial charge in [-0.1, -0.05) is 13.8 Å². The molecule has 0 saturated heterocycles. The smallest absolute Gasteiger partial charge is 0.270 e. The Balaban J connectivity index is 2.53. The summed E-state index contributed by atoms with van der Waals surface area (Å²) >= 11 is 0. The fraction of sp³-hybridized carbons (Fsp3) is 0.727. The molecule has 0 N–H and O–H groups in total. The molecule has 0 unspecified atom stereocenters. The fourth-order valence-electron chi connectivity index (χ4n) is 3.31. The summed E-state index contributed by atoms with van der Waals surface area (Å²) in [6, 6.07) is 0. The van der Waals surface area contributed by atoms with Gasteiger partial charge in [-0.05, 0) is 24.2 Å². The van der Waals surface area contributed by atoms with Crippen LogP contribution in [0.1, 0.15) is 33.1 Å². The molecule has 4 heteroatoms. The molecule has 0 aliphatic heterocycles. The Hall–Kier alpha value is -1.28. The van der Waals surface area contributed by atoms with Gasteiger partial charge in [0.25, 0.3) is 5.91 Å². The van der Waals surface area contributed by atoms with Crippen LogP contribution in [0.15, 0.2) is 4.99 Å². The molecule has 2 aliphatic carbocycles. The van der Waals surface area contributed by atoms with Crippen molar-refractivity contribution in [3.63, 3.8) is 0 Å². The number of isocyanates is 1. The first-order chi connectivity index (χ1) is 6.96. The van der Waals surface area contributed by atoms with Crippen LogP contribution < -0.4 is 0 Å². The SMILES string of the molecule is CC1(C)[C@@H]2CC[C@@]1(C(=O)N=C=O)C(=O)C2. The van der Waals surface area contributed by atoms with Crippen molar-refractivity contribution >= 4 is 17.8 Å². The van der Waals surface area contributed by atoms with Crippen LogP contribution in [0, 0.1) is 16.7 Å². The minimum absolute atomic E-state index is 0.0484. The highest BCUT2D eigenvalue weighted by Crippen LogP contribution is 2.64. The number of hydrogen-bond acceptors (Lipinski definition) is 3. The number of carbonyl (C=O) groups excluding carboxylic acids is 3. The first-order valence-corrected chi connectivity index (χ1v) is 5.12. The number of ketones is 1. The van der Waals surface area contributed by atoms with E-state index in [0.717, 1.165) is 6.42 Å². The zero-order valence-electron chi connectivity index (χ0n) is 8.87. The molecule has 0 spiro atoms. The van der Waals surface area contributed by atoms with Crippen molar-refractivity contribution in [2.75, 3.05) is 0 Å². The largest absolute Gasteiger partial charge is 0.298 e. The monoisotopic (exact) mass is 207 g/mol. The molecular formula is C11H13NO3. The van der Waals surface area contributed by atoms with E-state index in [2.05, 4.69) is 4.99 Å². The molecule has 4 nitrogen and oxygen atoms in total. The van der Waals surface area contributed by atoms with Gasteiger partial charge in [0.2, 0.25) is 6.08 Å². The van der Waals surface area contributed by atoms with Crippen LogP contribution in [0.2, 0.25) is 0 Å². The van der Waals surface area contributed by atoms with E-state index >= 15 is 0 Å². The fourth-order valence-corrected chi connectivity index (χ4v) is 3.31. The average Bonchev–Trinajstić information content (AvgIpc) is 2.51. The molecule has 0 aromatic heterocycles. The van der Waals surface area contributed by atoms with Crippen molar-refractivity contribution in [1.29, 1.82) is 0 Å². The normalized spacial score (nSPS) is 36.4. The van der Waals surface area contributed by atoms with Gasteiger partial charge in [-0.3, -0.25) is 9.59 Å². The highest BCUT2D eigenvalue weighted by atomic mass is 16.2. The van der Waals surface area contributed by atoms with Crippen molar-refractivity contribution in [2.45, 2.75) is 33.1 Å². The number of aliphatic imine (C=N–C) groups is 1. The molecule has 2 atom stereocenters. The van der Waals surface area contributed by atoms with Gasteiger partial charge in [0.15, 0.2) is 0 Å². The molecule has 0 aromatic rings. The molecule has 80 valence electrons. The van der Waals surface area contributed by atoms with Crippen molar-refractivity contribution in [3.8, 4) is 0 Å². The summed E-state index contributed by atoms with van der Waals surface area (Å²) in [4.78, 5) is 37.0. The Labute approximate surface area is 87.8 Å². The third kappa shape index (κ3) is 0.975. The minimum atomic E-state index is -1.03. The lowest BCUT2D eigenvalue weighted by Gasteiger charge is -2.32. The van der Waals surface area contributed by atoms with E-state index < -0.39 is 11.3 Å². The van der Waals surface area contributed by atoms with E-state index in [1.54, 1.807) is 0 Å². The molecule has 15 heavy (non-hydrogen) atoms.